The second-order valence-electron chi connectivity index (χ2n) is 4.51. The number of hydrogen-bond donors (Lipinski definition) is 2. The number of hydrogen-bond acceptors (Lipinski definition) is 4. The highest BCUT2D eigenvalue weighted by molar-refractivity contribution is 9.10. The number of anilines is 1. The highest BCUT2D eigenvalue weighted by atomic mass is 79.9. The van der Waals surface area contributed by atoms with E-state index in [4.69, 9.17) is 0 Å². The number of aryl methyl sites for hydroxylation is 1. The molecule has 5 nitrogen and oxygen atoms in total. The molecule has 0 bridgehead atoms. The van der Waals surface area contributed by atoms with E-state index in [2.05, 4.69) is 31.0 Å². The number of nitrogens with zero attached hydrogens (tertiary/aromatic N) is 1. The van der Waals surface area contributed by atoms with Crippen molar-refractivity contribution in [1.82, 2.24) is 10.3 Å². The molecule has 0 saturated carbocycles. The summed E-state index contributed by atoms with van der Waals surface area (Å²) < 4.78 is 28.4. The summed E-state index contributed by atoms with van der Waals surface area (Å²) in [5, 5.41) is 2.96. The Labute approximate surface area is 133 Å². The van der Waals surface area contributed by atoms with Crippen LogP contribution < -0.4 is 10.0 Å². The molecule has 0 fully saturated rings. The molecule has 0 spiro atoms. The smallest absolute Gasteiger partial charge is 0.263 e. The summed E-state index contributed by atoms with van der Waals surface area (Å²) in [6.07, 6.45) is 0. The molecule has 2 aromatic rings. The van der Waals surface area contributed by atoms with Crippen molar-refractivity contribution < 1.29 is 8.42 Å². The number of halogens is 1. The normalized spacial score (nSPS) is 11.4. The van der Waals surface area contributed by atoms with Crippen molar-refractivity contribution >= 4 is 31.8 Å². The first-order valence-electron chi connectivity index (χ1n) is 6.32. The van der Waals surface area contributed by atoms with Crippen LogP contribution in [-0.4, -0.2) is 20.4 Å². The molecule has 1 aromatic heterocycles. The quantitative estimate of drug-likeness (QED) is 0.849. The minimum absolute atomic E-state index is 0.252. The fourth-order valence-electron chi connectivity index (χ4n) is 1.90. The molecular weight excluding hydrogens is 354 g/mol. The average molecular weight is 370 g/mol. The Morgan fingerprint density at radius 2 is 1.90 bits per heavy atom. The summed E-state index contributed by atoms with van der Waals surface area (Å²) in [5.41, 5.74) is 1.43. The monoisotopic (exact) mass is 369 g/mol. The van der Waals surface area contributed by atoms with Crippen LogP contribution in [0.3, 0.4) is 0 Å². The van der Waals surface area contributed by atoms with Crippen LogP contribution in [-0.2, 0) is 16.6 Å². The van der Waals surface area contributed by atoms with Gasteiger partial charge in [-0.1, -0.05) is 18.2 Å². The van der Waals surface area contributed by atoms with Gasteiger partial charge in [0.05, 0.1) is 10.6 Å². The Kier molecular flexibility index (Phi) is 4.97. The van der Waals surface area contributed by atoms with Crippen LogP contribution in [0.25, 0.3) is 0 Å². The predicted octanol–water partition coefficient (Wildman–Crippen LogP) is 2.67. The number of rotatable bonds is 5. The average Bonchev–Trinajstić information content (AvgIpc) is 2.43. The van der Waals surface area contributed by atoms with Crippen molar-refractivity contribution in [3.8, 4) is 0 Å². The molecule has 0 radical (unpaired) electrons. The van der Waals surface area contributed by atoms with E-state index in [9.17, 15) is 8.42 Å². The second-order valence-corrected chi connectivity index (χ2v) is 7.01. The number of nitrogens with one attached hydrogen (secondary N) is 2. The van der Waals surface area contributed by atoms with Gasteiger partial charge in [0.1, 0.15) is 5.82 Å². The van der Waals surface area contributed by atoms with E-state index in [0.29, 0.717) is 17.9 Å². The predicted molar refractivity (Wildman–Crippen MR) is 86.7 cm³/mol. The largest absolute Gasteiger partial charge is 0.316 e. The van der Waals surface area contributed by atoms with E-state index in [1.165, 1.54) is 0 Å². The molecule has 1 aromatic carbocycles. The van der Waals surface area contributed by atoms with Gasteiger partial charge in [-0.25, -0.2) is 13.4 Å². The van der Waals surface area contributed by atoms with Gasteiger partial charge in [-0.2, -0.15) is 0 Å². The summed E-state index contributed by atoms with van der Waals surface area (Å²) in [4.78, 5) is 4.46. The lowest BCUT2D eigenvalue weighted by atomic mass is 10.2. The highest BCUT2D eigenvalue weighted by Gasteiger charge is 2.18. The minimum Gasteiger partial charge on any atom is -0.316 e. The van der Waals surface area contributed by atoms with Gasteiger partial charge in [-0.3, -0.25) is 4.72 Å². The molecule has 0 amide bonds. The van der Waals surface area contributed by atoms with Crippen LogP contribution in [0.2, 0.25) is 0 Å². The van der Waals surface area contributed by atoms with Gasteiger partial charge in [0.25, 0.3) is 10.0 Å². The van der Waals surface area contributed by atoms with E-state index >= 15 is 0 Å². The zero-order valence-electron chi connectivity index (χ0n) is 11.7. The van der Waals surface area contributed by atoms with Gasteiger partial charge in [-0.15, -0.1) is 0 Å². The zero-order valence-corrected chi connectivity index (χ0v) is 14.1. The van der Waals surface area contributed by atoms with Crippen molar-refractivity contribution in [2.24, 2.45) is 0 Å². The lowest BCUT2D eigenvalue weighted by molar-refractivity contribution is 0.599. The summed E-state index contributed by atoms with van der Waals surface area (Å²) in [5.74, 6) is 0.301. The van der Waals surface area contributed by atoms with E-state index in [0.717, 1.165) is 10.2 Å². The van der Waals surface area contributed by atoms with Crippen molar-refractivity contribution in [2.75, 3.05) is 11.8 Å². The molecule has 0 aliphatic carbocycles. The molecule has 0 atom stereocenters. The van der Waals surface area contributed by atoms with Gasteiger partial charge >= 0.3 is 0 Å². The topological polar surface area (TPSA) is 71.1 Å². The molecule has 21 heavy (non-hydrogen) atoms. The first kappa shape index (κ1) is 15.9. The van der Waals surface area contributed by atoms with Crippen molar-refractivity contribution in [3.05, 3.63) is 52.1 Å². The van der Waals surface area contributed by atoms with E-state index in [-0.39, 0.29) is 4.90 Å². The molecule has 2 N–H and O–H groups in total. The van der Waals surface area contributed by atoms with Crippen molar-refractivity contribution in [2.45, 2.75) is 18.4 Å². The standard InChI is InChI=1S/C14H16BrN3O2S/c1-10-12(15)7-8-14(17-10)18-21(19,20)13-6-4-3-5-11(13)9-16-2/h3-8,16H,9H2,1-2H3,(H,17,18). The summed E-state index contributed by atoms with van der Waals surface area (Å²) in [7, 11) is -1.89. The van der Waals surface area contributed by atoms with Gasteiger partial charge in [0.15, 0.2) is 0 Å². The van der Waals surface area contributed by atoms with Crippen LogP contribution in [0.5, 0.6) is 0 Å². The lowest BCUT2D eigenvalue weighted by Crippen LogP contribution is -2.18. The summed E-state index contributed by atoms with van der Waals surface area (Å²) >= 11 is 3.34. The van der Waals surface area contributed by atoms with Crippen molar-refractivity contribution in [1.29, 1.82) is 0 Å². The Morgan fingerprint density at radius 3 is 2.57 bits per heavy atom. The van der Waals surface area contributed by atoms with Crippen LogP contribution in [0.1, 0.15) is 11.3 Å². The third kappa shape index (κ3) is 3.81. The fraction of sp³-hybridized carbons (Fsp3) is 0.214. The molecule has 112 valence electrons. The van der Waals surface area contributed by atoms with Crippen LogP contribution in [0.15, 0.2) is 45.8 Å². The SMILES string of the molecule is CNCc1ccccc1S(=O)(=O)Nc1ccc(Br)c(C)n1. The maximum absolute atomic E-state index is 12.5. The lowest BCUT2D eigenvalue weighted by Gasteiger charge is -2.12. The third-order valence-corrected chi connectivity index (χ3v) is 5.18. The Bertz CT molecular complexity index is 748. The molecule has 2 rings (SSSR count). The fourth-order valence-corrected chi connectivity index (χ4v) is 3.36. The van der Waals surface area contributed by atoms with E-state index in [1.54, 1.807) is 44.3 Å². The molecule has 1 heterocycles. The number of aromatic nitrogens is 1. The molecule has 0 aliphatic rings. The number of benzene rings is 1. The van der Waals surface area contributed by atoms with E-state index < -0.39 is 10.0 Å². The Hall–Kier alpha value is -1.44. The van der Waals surface area contributed by atoms with Crippen LogP contribution in [0.4, 0.5) is 5.82 Å². The highest BCUT2D eigenvalue weighted by Crippen LogP contribution is 2.21. The Morgan fingerprint density at radius 1 is 1.19 bits per heavy atom. The molecule has 7 heteroatoms. The van der Waals surface area contributed by atoms with Gasteiger partial charge in [0, 0.05) is 11.0 Å². The Balaban J connectivity index is 2.36. The first-order valence-corrected chi connectivity index (χ1v) is 8.60. The first-order chi connectivity index (χ1) is 9.94. The van der Waals surface area contributed by atoms with Crippen molar-refractivity contribution in [3.63, 3.8) is 0 Å². The third-order valence-electron chi connectivity index (χ3n) is 2.89. The van der Waals surface area contributed by atoms with E-state index in [1.807, 2.05) is 6.07 Å². The van der Waals surface area contributed by atoms with Crippen LogP contribution >= 0.6 is 15.9 Å². The van der Waals surface area contributed by atoms with Gasteiger partial charge in [0.2, 0.25) is 0 Å². The maximum Gasteiger partial charge on any atom is 0.263 e. The number of sulfonamides is 1. The number of pyridine rings is 1. The zero-order chi connectivity index (χ0) is 15.5. The molecular formula is C14H16BrN3O2S. The maximum atomic E-state index is 12.5. The second kappa shape index (κ2) is 6.55. The summed E-state index contributed by atoms with van der Waals surface area (Å²) in [6, 6.07) is 10.3. The molecule has 0 unspecified atom stereocenters. The summed E-state index contributed by atoms with van der Waals surface area (Å²) in [6.45, 7) is 2.28. The molecule has 0 saturated heterocycles. The van der Waals surface area contributed by atoms with Gasteiger partial charge in [-0.05, 0) is 53.7 Å². The molecule has 0 aliphatic heterocycles. The minimum atomic E-state index is -3.66. The van der Waals surface area contributed by atoms with Crippen LogP contribution in [0, 0.1) is 6.92 Å². The van der Waals surface area contributed by atoms with Gasteiger partial charge < -0.3 is 5.32 Å².